The molecule has 0 N–H and O–H groups in total. The van der Waals surface area contributed by atoms with Crippen molar-refractivity contribution in [3.8, 4) is 0 Å². The van der Waals surface area contributed by atoms with E-state index in [2.05, 4.69) is 4.74 Å². The summed E-state index contributed by atoms with van der Waals surface area (Å²) in [5.41, 5.74) is 0.696. The van der Waals surface area contributed by atoms with Gasteiger partial charge in [-0.15, -0.1) is 0 Å². The molecule has 1 aromatic rings. The third-order valence-corrected chi connectivity index (χ3v) is 1.74. The average molecular weight is 208 g/mol. The van der Waals surface area contributed by atoms with Crippen molar-refractivity contribution < 1.29 is 14.5 Å². The zero-order valence-corrected chi connectivity index (χ0v) is 8.17. The summed E-state index contributed by atoms with van der Waals surface area (Å²) in [6.45, 7) is 2.90. The predicted octanol–water partition coefficient (Wildman–Crippen LogP) is 1.86. The van der Waals surface area contributed by atoms with Crippen molar-refractivity contribution in [3.05, 3.63) is 46.6 Å². The number of non-ortho nitro benzene ring substituents is 1. The van der Waals surface area contributed by atoms with Gasteiger partial charge in [0.2, 0.25) is 0 Å². The Balaban J connectivity index is 2.64. The monoisotopic (exact) mass is 208 g/mol. The SMILES string of the molecule is C[CH]OC(=O)Cc1ccc([N+](=O)[O-])cc1. The minimum absolute atomic E-state index is 0.00849. The third-order valence-electron chi connectivity index (χ3n) is 1.74. The van der Waals surface area contributed by atoms with Crippen LogP contribution in [0.1, 0.15) is 12.5 Å². The van der Waals surface area contributed by atoms with Crippen molar-refractivity contribution in [3.63, 3.8) is 0 Å². The fraction of sp³-hybridized carbons (Fsp3) is 0.200. The van der Waals surface area contributed by atoms with E-state index >= 15 is 0 Å². The van der Waals surface area contributed by atoms with Gasteiger partial charge in [-0.25, -0.2) is 0 Å². The number of benzene rings is 1. The summed E-state index contributed by atoms with van der Waals surface area (Å²) in [5.74, 6) is -0.383. The Morgan fingerprint density at radius 2 is 2.07 bits per heavy atom. The lowest BCUT2D eigenvalue weighted by atomic mass is 10.1. The number of ether oxygens (including phenoxy) is 1. The number of carbonyl (C=O) groups is 1. The molecule has 15 heavy (non-hydrogen) atoms. The molecule has 5 nitrogen and oxygen atoms in total. The lowest BCUT2D eigenvalue weighted by Crippen LogP contribution is -2.05. The first-order valence-corrected chi connectivity index (χ1v) is 4.34. The summed E-state index contributed by atoms with van der Waals surface area (Å²) >= 11 is 0. The minimum atomic E-state index is -0.484. The molecule has 0 saturated heterocycles. The summed E-state index contributed by atoms with van der Waals surface area (Å²) in [7, 11) is 0. The van der Waals surface area contributed by atoms with Crippen LogP contribution in [0.5, 0.6) is 0 Å². The highest BCUT2D eigenvalue weighted by molar-refractivity contribution is 5.72. The second kappa shape index (κ2) is 5.09. The molecule has 0 unspecified atom stereocenters. The van der Waals surface area contributed by atoms with Crippen LogP contribution in [0.4, 0.5) is 5.69 Å². The lowest BCUT2D eigenvalue weighted by Gasteiger charge is -2.00. The van der Waals surface area contributed by atoms with Gasteiger partial charge >= 0.3 is 5.97 Å². The maximum absolute atomic E-state index is 11.0. The molecule has 0 saturated carbocycles. The van der Waals surface area contributed by atoms with E-state index in [9.17, 15) is 14.9 Å². The molecule has 5 heteroatoms. The highest BCUT2D eigenvalue weighted by atomic mass is 16.6. The number of hydrogen-bond acceptors (Lipinski definition) is 4. The highest BCUT2D eigenvalue weighted by Gasteiger charge is 2.07. The van der Waals surface area contributed by atoms with Crippen LogP contribution < -0.4 is 0 Å². The summed E-state index contributed by atoms with van der Waals surface area (Å²) in [6, 6.07) is 5.79. The standard InChI is InChI=1S/C10H10NO4/c1-2-15-10(12)7-8-3-5-9(6-4-8)11(13)14/h2-6H,7H2,1H3. The number of nitro benzene ring substituents is 1. The van der Waals surface area contributed by atoms with Crippen LogP contribution in [-0.2, 0) is 16.0 Å². The van der Waals surface area contributed by atoms with Crippen LogP contribution in [0.15, 0.2) is 24.3 Å². The number of esters is 1. The van der Waals surface area contributed by atoms with E-state index < -0.39 is 4.92 Å². The van der Waals surface area contributed by atoms with Crippen molar-refractivity contribution in [2.24, 2.45) is 0 Å². The Morgan fingerprint density at radius 1 is 1.47 bits per heavy atom. The molecule has 0 aliphatic carbocycles. The smallest absolute Gasteiger partial charge is 0.310 e. The van der Waals surface area contributed by atoms with E-state index in [0.29, 0.717) is 5.56 Å². The predicted molar refractivity (Wildman–Crippen MR) is 52.9 cm³/mol. The minimum Gasteiger partial charge on any atom is -0.458 e. The Kier molecular flexibility index (Phi) is 3.79. The molecular weight excluding hydrogens is 198 g/mol. The van der Waals surface area contributed by atoms with Crippen LogP contribution >= 0.6 is 0 Å². The van der Waals surface area contributed by atoms with Gasteiger partial charge in [0.15, 0.2) is 0 Å². The van der Waals surface area contributed by atoms with Gasteiger partial charge in [0.05, 0.1) is 11.3 Å². The van der Waals surface area contributed by atoms with Crippen LogP contribution in [0, 0.1) is 16.7 Å². The molecule has 0 spiro atoms. The van der Waals surface area contributed by atoms with Gasteiger partial charge in [0.1, 0.15) is 6.61 Å². The van der Waals surface area contributed by atoms with Gasteiger partial charge in [-0.2, -0.15) is 0 Å². The molecule has 1 radical (unpaired) electrons. The maximum atomic E-state index is 11.0. The van der Waals surface area contributed by atoms with Crippen molar-refractivity contribution in [2.75, 3.05) is 0 Å². The number of nitrogens with zero attached hydrogens (tertiary/aromatic N) is 1. The van der Waals surface area contributed by atoms with Crippen LogP contribution in [0.25, 0.3) is 0 Å². The van der Waals surface area contributed by atoms with Crippen LogP contribution in [-0.4, -0.2) is 10.9 Å². The van der Waals surface area contributed by atoms with Crippen molar-refractivity contribution in [1.29, 1.82) is 0 Å². The molecule has 0 aliphatic rings. The Bertz CT molecular complexity index is 358. The largest absolute Gasteiger partial charge is 0.458 e. The van der Waals surface area contributed by atoms with Gasteiger partial charge in [0, 0.05) is 12.1 Å². The first kappa shape index (κ1) is 11.2. The van der Waals surface area contributed by atoms with Gasteiger partial charge < -0.3 is 4.74 Å². The molecule has 0 amide bonds. The van der Waals surface area contributed by atoms with Gasteiger partial charge in [-0.1, -0.05) is 12.1 Å². The average Bonchev–Trinajstić information content (AvgIpc) is 2.18. The fourth-order valence-electron chi connectivity index (χ4n) is 1.08. The fourth-order valence-corrected chi connectivity index (χ4v) is 1.08. The van der Waals surface area contributed by atoms with E-state index in [1.807, 2.05) is 0 Å². The summed E-state index contributed by atoms with van der Waals surface area (Å²) in [6.07, 6.45) is 0.113. The summed E-state index contributed by atoms with van der Waals surface area (Å²) in [4.78, 5) is 20.9. The van der Waals surface area contributed by atoms with Crippen LogP contribution in [0.3, 0.4) is 0 Å². The molecular formula is C10H10NO4. The van der Waals surface area contributed by atoms with Crippen LogP contribution in [0.2, 0.25) is 0 Å². The van der Waals surface area contributed by atoms with Crippen molar-refractivity contribution in [2.45, 2.75) is 13.3 Å². The van der Waals surface area contributed by atoms with E-state index in [-0.39, 0.29) is 18.1 Å². The van der Waals surface area contributed by atoms with E-state index in [4.69, 9.17) is 0 Å². The second-order valence-corrected chi connectivity index (χ2v) is 2.83. The number of carbonyl (C=O) groups excluding carboxylic acids is 1. The normalized spacial score (nSPS) is 9.67. The topological polar surface area (TPSA) is 69.4 Å². The van der Waals surface area contributed by atoms with E-state index in [1.54, 1.807) is 6.92 Å². The maximum Gasteiger partial charge on any atom is 0.310 e. The molecule has 1 rings (SSSR count). The van der Waals surface area contributed by atoms with Gasteiger partial charge in [-0.05, 0) is 12.5 Å². The molecule has 0 atom stereocenters. The zero-order valence-electron chi connectivity index (χ0n) is 8.17. The molecule has 79 valence electrons. The molecule has 1 aromatic carbocycles. The molecule has 0 aromatic heterocycles. The molecule has 0 heterocycles. The van der Waals surface area contributed by atoms with E-state index in [1.165, 1.54) is 30.9 Å². The molecule has 0 bridgehead atoms. The lowest BCUT2D eigenvalue weighted by molar-refractivity contribution is -0.384. The van der Waals surface area contributed by atoms with Crippen molar-refractivity contribution in [1.82, 2.24) is 0 Å². The Labute approximate surface area is 86.8 Å². The molecule has 0 fully saturated rings. The highest BCUT2D eigenvalue weighted by Crippen LogP contribution is 2.12. The van der Waals surface area contributed by atoms with E-state index in [0.717, 1.165) is 0 Å². The summed E-state index contributed by atoms with van der Waals surface area (Å²) < 4.78 is 4.63. The summed E-state index contributed by atoms with van der Waals surface area (Å²) in [5, 5.41) is 10.3. The van der Waals surface area contributed by atoms with Crippen molar-refractivity contribution >= 4 is 11.7 Å². The van der Waals surface area contributed by atoms with Gasteiger partial charge in [0.25, 0.3) is 5.69 Å². The number of rotatable bonds is 4. The quantitative estimate of drug-likeness (QED) is 0.430. The zero-order chi connectivity index (χ0) is 11.3. The molecule has 0 aliphatic heterocycles. The number of hydrogen-bond donors (Lipinski definition) is 0. The first-order chi connectivity index (χ1) is 7.13. The Morgan fingerprint density at radius 3 is 2.53 bits per heavy atom. The third kappa shape index (κ3) is 3.38. The number of nitro groups is 1. The van der Waals surface area contributed by atoms with Gasteiger partial charge in [-0.3, -0.25) is 14.9 Å². The Hall–Kier alpha value is -1.91. The second-order valence-electron chi connectivity index (χ2n) is 2.83. The first-order valence-electron chi connectivity index (χ1n) is 4.34.